The Morgan fingerprint density at radius 3 is 2.53 bits per heavy atom. The molecular formula is C15H26N2O2. The van der Waals surface area contributed by atoms with E-state index in [2.05, 4.69) is 17.1 Å². The molecule has 0 aromatic carbocycles. The minimum absolute atomic E-state index is 0.0321. The largest absolute Gasteiger partial charge is 0.469 e. The van der Waals surface area contributed by atoms with E-state index < -0.39 is 0 Å². The second kappa shape index (κ2) is 5.41. The summed E-state index contributed by atoms with van der Waals surface area (Å²) in [4.78, 5) is 14.4. The molecule has 4 nitrogen and oxygen atoms in total. The topological polar surface area (TPSA) is 41.6 Å². The maximum atomic E-state index is 11.9. The van der Waals surface area contributed by atoms with E-state index in [1.54, 1.807) is 0 Å². The van der Waals surface area contributed by atoms with Crippen molar-refractivity contribution in [3.8, 4) is 0 Å². The molecule has 2 saturated carbocycles. The highest BCUT2D eigenvalue weighted by atomic mass is 16.5. The first-order valence-electron chi connectivity index (χ1n) is 7.75. The smallest absolute Gasteiger partial charge is 0.310 e. The Kier molecular flexibility index (Phi) is 3.81. The SMILES string of the molecule is COC(=O)C1CC(NC2CC2)CN(C(C)C2CC2)C1. The maximum Gasteiger partial charge on any atom is 0.310 e. The second-order valence-electron chi connectivity index (χ2n) is 6.63. The summed E-state index contributed by atoms with van der Waals surface area (Å²) in [7, 11) is 1.51. The number of esters is 1. The van der Waals surface area contributed by atoms with Crippen LogP contribution in [0.3, 0.4) is 0 Å². The number of hydrogen-bond acceptors (Lipinski definition) is 4. The number of nitrogens with one attached hydrogen (secondary N) is 1. The van der Waals surface area contributed by atoms with Gasteiger partial charge in [0.25, 0.3) is 0 Å². The van der Waals surface area contributed by atoms with Crippen molar-refractivity contribution in [2.75, 3.05) is 20.2 Å². The lowest BCUT2D eigenvalue weighted by Crippen LogP contribution is -2.54. The van der Waals surface area contributed by atoms with Crippen molar-refractivity contribution in [2.24, 2.45) is 11.8 Å². The Hall–Kier alpha value is -0.610. The number of piperidine rings is 1. The molecule has 0 bridgehead atoms. The summed E-state index contributed by atoms with van der Waals surface area (Å²) in [5.41, 5.74) is 0. The van der Waals surface area contributed by atoms with Gasteiger partial charge in [-0.25, -0.2) is 0 Å². The summed E-state index contributed by atoms with van der Waals surface area (Å²) in [5.74, 6) is 0.879. The van der Waals surface area contributed by atoms with Crippen LogP contribution in [0.25, 0.3) is 0 Å². The van der Waals surface area contributed by atoms with Gasteiger partial charge in [-0.15, -0.1) is 0 Å². The summed E-state index contributed by atoms with van der Waals surface area (Å²) >= 11 is 0. The second-order valence-corrected chi connectivity index (χ2v) is 6.63. The van der Waals surface area contributed by atoms with Gasteiger partial charge < -0.3 is 10.1 Å². The first-order valence-corrected chi connectivity index (χ1v) is 7.75. The fourth-order valence-corrected chi connectivity index (χ4v) is 3.38. The lowest BCUT2D eigenvalue weighted by atomic mass is 9.92. The van der Waals surface area contributed by atoms with Crippen LogP contribution in [0.5, 0.6) is 0 Å². The monoisotopic (exact) mass is 266 g/mol. The minimum Gasteiger partial charge on any atom is -0.469 e. The third-order valence-electron chi connectivity index (χ3n) is 4.94. The van der Waals surface area contributed by atoms with Gasteiger partial charge in [0, 0.05) is 31.2 Å². The molecule has 1 aliphatic heterocycles. The first kappa shape index (κ1) is 13.4. The Morgan fingerprint density at radius 1 is 1.21 bits per heavy atom. The molecule has 0 radical (unpaired) electrons. The summed E-state index contributed by atoms with van der Waals surface area (Å²) in [5, 5.41) is 3.70. The molecule has 3 unspecified atom stereocenters. The van der Waals surface area contributed by atoms with Crippen molar-refractivity contribution in [2.45, 2.75) is 57.2 Å². The maximum absolute atomic E-state index is 11.9. The van der Waals surface area contributed by atoms with Gasteiger partial charge in [-0.2, -0.15) is 0 Å². The predicted molar refractivity (Wildman–Crippen MR) is 73.8 cm³/mol. The van der Waals surface area contributed by atoms with Crippen molar-refractivity contribution >= 4 is 5.97 Å². The lowest BCUT2D eigenvalue weighted by molar-refractivity contribution is -0.148. The molecule has 3 atom stereocenters. The van der Waals surface area contributed by atoms with Crippen molar-refractivity contribution in [3.63, 3.8) is 0 Å². The van der Waals surface area contributed by atoms with E-state index in [1.165, 1.54) is 32.8 Å². The van der Waals surface area contributed by atoms with E-state index in [1.807, 2.05) is 0 Å². The van der Waals surface area contributed by atoms with Gasteiger partial charge in [0.1, 0.15) is 0 Å². The zero-order valence-corrected chi connectivity index (χ0v) is 12.1. The Morgan fingerprint density at radius 2 is 1.95 bits per heavy atom. The van der Waals surface area contributed by atoms with Gasteiger partial charge in [0.05, 0.1) is 13.0 Å². The third-order valence-corrected chi connectivity index (χ3v) is 4.94. The number of nitrogens with zero attached hydrogens (tertiary/aromatic N) is 1. The molecule has 0 spiro atoms. The van der Waals surface area contributed by atoms with E-state index >= 15 is 0 Å². The molecule has 1 heterocycles. The van der Waals surface area contributed by atoms with Crippen LogP contribution < -0.4 is 5.32 Å². The van der Waals surface area contributed by atoms with Crippen molar-refractivity contribution in [1.82, 2.24) is 10.2 Å². The number of ether oxygens (including phenoxy) is 1. The fourth-order valence-electron chi connectivity index (χ4n) is 3.38. The van der Waals surface area contributed by atoms with E-state index in [0.717, 1.165) is 25.4 Å². The summed E-state index contributed by atoms with van der Waals surface area (Å²) in [6.07, 6.45) is 6.27. The standard InChI is InChI=1S/C15H26N2O2/c1-10(11-3-4-11)17-8-12(15(18)19-2)7-14(9-17)16-13-5-6-13/h10-14,16H,3-9H2,1-2H3. The van der Waals surface area contributed by atoms with Crippen LogP contribution in [-0.2, 0) is 9.53 Å². The predicted octanol–water partition coefficient (Wildman–Crippen LogP) is 1.40. The quantitative estimate of drug-likeness (QED) is 0.764. The molecule has 0 aromatic rings. The average Bonchev–Trinajstić information content (AvgIpc) is 3.28. The number of rotatable bonds is 5. The number of hydrogen-bond donors (Lipinski definition) is 1. The van der Waals surface area contributed by atoms with E-state index in [-0.39, 0.29) is 11.9 Å². The van der Waals surface area contributed by atoms with Crippen molar-refractivity contribution in [3.05, 3.63) is 0 Å². The molecule has 19 heavy (non-hydrogen) atoms. The van der Waals surface area contributed by atoms with Crippen LogP contribution in [0, 0.1) is 11.8 Å². The normalized spacial score (nSPS) is 34.0. The molecule has 1 N–H and O–H groups in total. The highest BCUT2D eigenvalue weighted by Crippen LogP contribution is 2.37. The molecule has 108 valence electrons. The molecular weight excluding hydrogens is 240 g/mol. The number of carbonyl (C=O) groups excluding carboxylic acids is 1. The van der Waals surface area contributed by atoms with Crippen LogP contribution in [0.4, 0.5) is 0 Å². The average molecular weight is 266 g/mol. The zero-order valence-electron chi connectivity index (χ0n) is 12.1. The Bertz CT molecular complexity index is 339. The van der Waals surface area contributed by atoms with Gasteiger partial charge in [-0.05, 0) is 44.9 Å². The van der Waals surface area contributed by atoms with Crippen LogP contribution >= 0.6 is 0 Å². The highest BCUT2D eigenvalue weighted by Gasteiger charge is 2.40. The molecule has 0 amide bonds. The van der Waals surface area contributed by atoms with Gasteiger partial charge in [0.2, 0.25) is 0 Å². The lowest BCUT2D eigenvalue weighted by Gasteiger charge is -2.40. The van der Waals surface area contributed by atoms with Crippen LogP contribution in [0.1, 0.15) is 39.0 Å². The van der Waals surface area contributed by atoms with Crippen LogP contribution in [-0.4, -0.2) is 49.2 Å². The number of methoxy groups -OCH3 is 1. The number of likely N-dealkylation sites (tertiary alicyclic amines) is 1. The van der Waals surface area contributed by atoms with Crippen molar-refractivity contribution in [1.29, 1.82) is 0 Å². The van der Waals surface area contributed by atoms with E-state index in [4.69, 9.17) is 4.74 Å². The minimum atomic E-state index is -0.0321. The Balaban J connectivity index is 1.63. The zero-order chi connectivity index (χ0) is 13.4. The van der Waals surface area contributed by atoms with E-state index in [9.17, 15) is 4.79 Å². The summed E-state index contributed by atoms with van der Waals surface area (Å²) in [6, 6.07) is 1.79. The molecule has 3 fully saturated rings. The summed E-state index contributed by atoms with van der Waals surface area (Å²) < 4.78 is 4.97. The molecule has 3 rings (SSSR count). The van der Waals surface area contributed by atoms with Gasteiger partial charge in [-0.3, -0.25) is 9.69 Å². The van der Waals surface area contributed by atoms with Crippen molar-refractivity contribution < 1.29 is 9.53 Å². The van der Waals surface area contributed by atoms with E-state index in [0.29, 0.717) is 18.1 Å². The molecule has 0 aromatic heterocycles. The molecule has 3 aliphatic rings. The number of carbonyl (C=O) groups is 1. The molecule has 2 aliphatic carbocycles. The van der Waals surface area contributed by atoms with Crippen LogP contribution in [0.15, 0.2) is 0 Å². The van der Waals surface area contributed by atoms with Gasteiger partial charge in [0.15, 0.2) is 0 Å². The third kappa shape index (κ3) is 3.29. The summed E-state index contributed by atoms with van der Waals surface area (Å²) in [6.45, 7) is 4.31. The highest BCUT2D eigenvalue weighted by molar-refractivity contribution is 5.72. The molecule has 4 heteroatoms. The first-order chi connectivity index (χ1) is 9.17. The van der Waals surface area contributed by atoms with Crippen LogP contribution in [0.2, 0.25) is 0 Å². The Labute approximate surface area is 115 Å². The van der Waals surface area contributed by atoms with Gasteiger partial charge >= 0.3 is 5.97 Å². The molecule has 1 saturated heterocycles. The fraction of sp³-hybridized carbons (Fsp3) is 0.933. The van der Waals surface area contributed by atoms with Gasteiger partial charge in [-0.1, -0.05) is 0 Å².